The molecule has 2 fully saturated rings. The summed E-state index contributed by atoms with van der Waals surface area (Å²) in [7, 11) is 0. The summed E-state index contributed by atoms with van der Waals surface area (Å²) in [5.41, 5.74) is 0. The molecule has 0 bridgehead atoms. The Hall–Kier alpha value is -0.120. The summed E-state index contributed by atoms with van der Waals surface area (Å²) in [5, 5.41) is 3.38. The molecule has 0 spiro atoms. The second-order valence-corrected chi connectivity index (χ2v) is 6.22. The third kappa shape index (κ3) is 4.52. The summed E-state index contributed by atoms with van der Waals surface area (Å²) in [6.45, 7) is 11.8. The Morgan fingerprint density at radius 1 is 1.11 bits per heavy atom. The van der Waals surface area contributed by atoms with Crippen molar-refractivity contribution in [3.05, 3.63) is 0 Å². The van der Waals surface area contributed by atoms with Gasteiger partial charge in [0.2, 0.25) is 0 Å². The Morgan fingerprint density at radius 2 is 1.89 bits per heavy atom. The monoisotopic (exact) mass is 254 g/mol. The second-order valence-electron chi connectivity index (χ2n) is 6.22. The predicted octanol–water partition coefficient (Wildman–Crippen LogP) is 2.12. The molecule has 1 N–H and O–H groups in total. The summed E-state index contributed by atoms with van der Waals surface area (Å²) in [5.74, 6) is 1.77. The highest BCUT2D eigenvalue weighted by atomic mass is 16.5. The molecule has 106 valence electrons. The molecule has 2 aliphatic heterocycles. The molecule has 2 unspecified atom stereocenters. The van der Waals surface area contributed by atoms with Crippen LogP contribution in [0.4, 0.5) is 0 Å². The third-order valence-electron chi connectivity index (χ3n) is 4.68. The Kier molecular flexibility index (Phi) is 5.93. The van der Waals surface area contributed by atoms with Gasteiger partial charge in [-0.2, -0.15) is 0 Å². The van der Waals surface area contributed by atoms with Gasteiger partial charge in [-0.25, -0.2) is 0 Å². The molecule has 3 nitrogen and oxygen atoms in total. The van der Waals surface area contributed by atoms with Crippen LogP contribution in [0, 0.1) is 11.8 Å². The number of piperidine rings is 2. The lowest BCUT2D eigenvalue weighted by molar-refractivity contribution is 0.0247. The van der Waals surface area contributed by atoms with E-state index in [-0.39, 0.29) is 0 Å². The molecule has 3 heteroatoms. The molecular weight excluding hydrogens is 224 g/mol. The first-order valence-electron chi connectivity index (χ1n) is 7.80. The van der Waals surface area contributed by atoms with Crippen LogP contribution < -0.4 is 5.32 Å². The number of nitrogens with one attached hydrogen (secondary N) is 1. The molecule has 0 aromatic heterocycles. The van der Waals surface area contributed by atoms with Crippen LogP contribution in [0.25, 0.3) is 0 Å². The molecule has 0 radical (unpaired) electrons. The van der Waals surface area contributed by atoms with E-state index in [2.05, 4.69) is 24.1 Å². The van der Waals surface area contributed by atoms with E-state index >= 15 is 0 Å². The molecular formula is C15H30N2O. The van der Waals surface area contributed by atoms with Crippen molar-refractivity contribution in [2.75, 3.05) is 39.3 Å². The van der Waals surface area contributed by atoms with Crippen LogP contribution >= 0.6 is 0 Å². The number of likely N-dealkylation sites (tertiary alicyclic amines) is 1. The Morgan fingerprint density at radius 3 is 2.61 bits per heavy atom. The van der Waals surface area contributed by atoms with E-state index in [1.165, 1.54) is 45.3 Å². The van der Waals surface area contributed by atoms with E-state index in [0.29, 0.717) is 6.10 Å². The first-order chi connectivity index (χ1) is 8.75. The van der Waals surface area contributed by atoms with Gasteiger partial charge in [-0.05, 0) is 57.2 Å². The molecule has 0 amide bonds. The Bertz CT molecular complexity index is 229. The van der Waals surface area contributed by atoms with Gasteiger partial charge in [-0.1, -0.05) is 13.8 Å². The molecule has 0 aromatic rings. The minimum Gasteiger partial charge on any atom is -0.378 e. The molecule has 2 saturated heterocycles. The van der Waals surface area contributed by atoms with Gasteiger partial charge >= 0.3 is 0 Å². The van der Waals surface area contributed by atoms with E-state index in [4.69, 9.17) is 4.74 Å². The summed E-state index contributed by atoms with van der Waals surface area (Å²) in [6.07, 6.45) is 5.48. The minimum atomic E-state index is 0.520. The van der Waals surface area contributed by atoms with Gasteiger partial charge in [0.25, 0.3) is 0 Å². The maximum atomic E-state index is 5.96. The average molecular weight is 254 g/mol. The zero-order valence-corrected chi connectivity index (χ0v) is 12.2. The minimum absolute atomic E-state index is 0.520. The van der Waals surface area contributed by atoms with Crippen molar-refractivity contribution in [3.63, 3.8) is 0 Å². The average Bonchev–Trinajstić information content (AvgIpc) is 2.40. The normalized spacial score (nSPS) is 31.7. The van der Waals surface area contributed by atoms with E-state index in [0.717, 1.165) is 31.5 Å². The quantitative estimate of drug-likeness (QED) is 0.761. The van der Waals surface area contributed by atoms with Gasteiger partial charge in [0.05, 0.1) is 6.10 Å². The fourth-order valence-electron chi connectivity index (χ4n) is 3.05. The summed E-state index contributed by atoms with van der Waals surface area (Å²) in [4.78, 5) is 2.62. The van der Waals surface area contributed by atoms with Gasteiger partial charge in [-0.15, -0.1) is 0 Å². The first kappa shape index (κ1) is 14.3. The van der Waals surface area contributed by atoms with Gasteiger partial charge in [0.15, 0.2) is 0 Å². The summed E-state index contributed by atoms with van der Waals surface area (Å²) in [6, 6.07) is 0. The maximum absolute atomic E-state index is 5.96. The van der Waals surface area contributed by atoms with Gasteiger partial charge < -0.3 is 15.0 Å². The maximum Gasteiger partial charge on any atom is 0.0599 e. The predicted molar refractivity (Wildman–Crippen MR) is 75.8 cm³/mol. The van der Waals surface area contributed by atoms with E-state index in [1.54, 1.807) is 0 Å². The van der Waals surface area contributed by atoms with Crippen molar-refractivity contribution in [1.82, 2.24) is 10.2 Å². The van der Waals surface area contributed by atoms with Crippen molar-refractivity contribution in [2.24, 2.45) is 11.8 Å². The van der Waals surface area contributed by atoms with Crippen LogP contribution in [0.1, 0.15) is 39.5 Å². The summed E-state index contributed by atoms with van der Waals surface area (Å²) < 4.78 is 5.96. The summed E-state index contributed by atoms with van der Waals surface area (Å²) >= 11 is 0. The van der Waals surface area contributed by atoms with Crippen LogP contribution in [0.3, 0.4) is 0 Å². The van der Waals surface area contributed by atoms with Crippen LogP contribution in [0.5, 0.6) is 0 Å². The number of nitrogens with zero attached hydrogens (tertiary/aromatic N) is 1. The smallest absolute Gasteiger partial charge is 0.0599 e. The van der Waals surface area contributed by atoms with Crippen molar-refractivity contribution in [2.45, 2.75) is 45.6 Å². The van der Waals surface area contributed by atoms with E-state index in [1.807, 2.05) is 0 Å². The fraction of sp³-hybridized carbons (Fsp3) is 1.00. The molecule has 0 saturated carbocycles. The molecule has 0 aromatic carbocycles. The van der Waals surface area contributed by atoms with Crippen molar-refractivity contribution < 1.29 is 4.74 Å². The lowest BCUT2D eigenvalue weighted by atomic mass is 9.89. The van der Waals surface area contributed by atoms with E-state index in [9.17, 15) is 0 Å². The van der Waals surface area contributed by atoms with Gasteiger partial charge in [-0.3, -0.25) is 0 Å². The Labute approximate surface area is 112 Å². The number of hydrogen-bond donors (Lipinski definition) is 1. The van der Waals surface area contributed by atoms with Gasteiger partial charge in [0.1, 0.15) is 0 Å². The standard InChI is InChI=1S/C15H30N2O/c1-13-6-10-17(12-14(13)2)9-3-11-18-15-4-7-16-8-5-15/h13-16H,3-12H2,1-2H3. The van der Waals surface area contributed by atoms with Crippen molar-refractivity contribution >= 4 is 0 Å². The van der Waals surface area contributed by atoms with Crippen LogP contribution in [-0.2, 0) is 4.74 Å². The highest BCUT2D eigenvalue weighted by molar-refractivity contribution is 4.75. The zero-order valence-electron chi connectivity index (χ0n) is 12.2. The van der Waals surface area contributed by atoms with Gasteiger partial charge in [0, 0.05) is 19.7 Å². The lowest BCUT2D eigenvalue weighted by Crippen LogP contribution is -2.39. The molecule has 0 aliphatic carbocycles. The lowest BCUT2D eigenvalue weighted by Gasteiger charge is -2.35. The number of rotatable bonds is 5. The highest BCUT2D eigenvalue weighted by Gasteiger charge is 2.22. The van der Waals surface area contributed by atoms with Crippen molar-refractivity contribution in [1.29, 1.82) is 0 Å². The SMILES string of the molecule is CC1CCN(CCCOC2CCNCC2)CC1C. The topological polar surface area (TPSA) is 24.5 Å². The fourth-order valence-corrected chi connectivity index (χ4v) is 3.05. The zero-order chi connectivity index (χ0) is 12.8. The number of hydrogen-bond acceptors (Lipinski definition) is 3. The number of ether oxygens (including phenoxy) is 1. The molecule has 2 heterocycles. The highest BCUT2D eigenvalue weighted by Crippen LogP contribution is 2.22. The second kappa shape index (κ2) is 7.46. The Balaban J connectivity index is 1.52. The first-order valence-corrected chi connectivity index (χ1v) is 7.80. The van der Waals surface area contributed by atoms with Crippen LogP contribution in [0.15, 0.2) is 0 Å². The molecule has 2 aliphatic rings. The van der Waals surface area contributed by atoms with Crippen LogP contribution in [-0.4, -0.2) is 50.3 Å². The van der Waals surface area contributed by atoms with Crippen LogP contribution in [0.2, 0.25) is 0 Å². The molecule has 2 rings (SSSR count). The molecule has 18 heavy (non-hydrogen) atoms. The van der Waals surface area contributed by atoms with E-state index < -0.39 is 0 Å². The third-order valence-corrected chi connectivity index (χ3v) is 4.68. The molecule has 2 atom stereocenters. The largest absolute Gasteiger partial charge is 0.378 e. The van der Waals surface area contributed by atoms with Crippen molar-refractivity contribution in [3.8, 4) is 0 Å².